The van der Waals surface area contributed by atoms with Crippen LogP contribution in [0.2, 0.25) is 0 Å². The Morgan fingerprint density at radius 3 is 2.36 bits per heavy atom. The van der Waals surface area contributed by atoms with E-state index in [4.69, 9.17) is 5.11 Å². The summed E-state index contributed by atoms with van der Waals surface area (Å²) in [6.45, 7) is 10.1. The number of amides is 2. The lowest BCUT2D eigenvalue weighted by Gasteiger charge is -2.27. The van der Waals surface area contributed by atoms with Gasteiger partial charge in [0.2, 0.25) is 0 Å². The molecule has 0 heterocycles. The van der Waals surface area contributed by atoms with Crippen molar-refractivity contribution in [3.8, 4) is 0 Å². The highest BCUT2D eigenvalue weighted by atomic mass is 16.3. The number of nitrogens with one attached hydrogen (secondary N) is 2. The van der Waals surface area contributed by atoms with Crippen LogP contribution in [-0.2, 0) is 0 Å². The normalized spacial score (nSPS) is 12.1. The van der Waals surface area contributed by atoms with Crippen LogP contribution in [0.25, 0.3) is 0 Å². The van der Waals surface area contributed by atoms with Crippen molar-refractivity contribution in [2.75, 3.05) is 29.9 Å². The minimum atomic E-state index is -0.214. The number of urea groups is 1. The van der Waals surface area contributed by atoms with Crippen LogP contribution in [0.4, 0.5) is 16.2 Å². The standard InChI is InChI=1S/C17H29N3O2/c1-5-20(13(2)3)16-8-6-15(7-9-16)19-17(22)18-12-14(4)10-11-21/h6-9,13-14,21H,5,10-12H2,1-4H3,(H2,18,19,22). The van der Waals surface area contributed by atoms with E-state index in [1.54, 1.807) is 0 Å². The quantitative estimate of drug-likeness (QED) is 0.691. The molecular weight excluding hydrogens is 278 g/mol. The molecule has 0 fully saturated rings. The zero-order chi connectivity index (χ0) is 16.5. The van der Waals surface area contributed by atoms with Gasteiger partial charge in [-0.3, -0.25) is 0 Å². The number of aliphatic hydroxyl groups excluding tert-OH is 1. The molecule has 0 aliphatic rings. The predicted molar refractivity (Wildman–Crippen MR) is 92.5 cm³/mol. The van der Waals surface area contributed by atoms with E-state index in [9.17, 15) is 4.79 Å². The van der Waals surface area contributed by atoms with Gasteiger partial charge in [0.15, 0.2) is 0 Å². The summed E-state index contributed by atoms with van der Waals surface area (Å²) in [5.41, 5.74) is 1.93. The fraction of sp³-hybridized carbons (Fsp3) is 0.588. The average Bonchev–Trinajstić information content (AvgIpc) is 2.47. The van der Waals surface area contributed by atoms with E-state index in [0.717, 1.165) is 17.9 Å². The van der Waals surface area contributed by atoms with E-state index in [0.29, 0.717) is 19.0 Å². The molecule has 0 saturated carbocycles. The van der Waals surface area contributed by atoms with Gasteiger partial charge in [-0.1, -0.05) is 6.92 Å². The fourth-order valence-corrected chi connectivity index (χ4v) is 2.35. The molecule has 3 N–H and O–H groups in total. The summed E-state index contributed by atoms with van der Waals surface area (Å²) < 4.78 is 0. The lowest BCUT2D eigenvalue weighted by molar-refractivity contribution is 0.243. The summed E-state index contributed by atoms with van der Waals surface area (Å²) in [5.74, 6) is 0.266. The lowest BCUT2D eigenvalue weighted by Crippen LogP contribution is -2.32. The number of nitrogens with zero attached hydrogens (tertiary/aromatic N) is 1. The zero-order valence-electron chi connectivity index (χ0n) is 14.1. The number of benzene rings is 1. The lowest BCUT2D eigenvalue weighted by atomic mass is 10.1. The van der Waals surface area contributed by atoms with Crippen LogP contribution in [0.5, 0.6) is 0 Å². The van der Waals surface area contributed by atoms with Crippen LogP contribution in [0.3, 0.4) is 0 Å². The van der Waals surface area contributed by atoms with E-state index in [2.05, 4.69) is 36.3 Å². The van der Waals surface area contributed by atoms with E-state index < -0.39 is 0 Å². The van der Waals surface area contributed by atoms with Crippen LogP contribution < -0.4 is 15.5 Å². The Hall–Kier alpha value is -1.75. The molecule has 1 rings (SSSR count). The SMILES string of the molecule is CCN(c1ccc(NC(=O)NCC(C)CCO)cc1)C(C)C. The summed E-state index contributed by atoms with van der Waals surface area (Å²) in [4.78, 5) is 14.1. The number of carbonyl (C=O) groups is 1. The molecule has 0 aromatic heterocycles. The fourth-order valence-electron chi connectivity index (χ4n) is 2.35. The molecule has 0 aliphatic carbocycles. The van der Waals surface area contributed by atoms with Crippen LogP contribution in [0.15, 0.2) is 24.3 Å². The molecule has 2 amide bonds. The molecule has 1 aromatic rings. The van der Waals surface area contributed by atoms with Crippen molar-refractivity contribution in [3.05, 3.63) is 24.3 Å². The van der Waals surface area contributed by atoms with Gasteiger partial charge in [-0.15, -0.1) is 0 Å². The van der Waals surface area contributed by atoms with E-state index in [1.807, 2.05) is 31.2 Å². The maximum absolute atomic E-state index is 11.8. The van der Waals surface area contributed by atoms with Crippen LogP contribution in [0.1, 0.15) is 34.1 Å². The van der Waals surface area contributed by atoms with Crippen molar-refractivity contribution in [1.82, 2.24) is 5.32 Å². The van der Waals surface area contributed by atoms with E-state index in [1.165, 1.54) is 0 Å². The number of hydrogen-bond acceptors (Lipinski definition) is 3. The maximum Gasteiger partial charge on any atom is 0.319 e. The summed E-state index contributed by atoms with van der Waals surface area (Å²) >= 11 is 0. The van der Waals surface area contributed by atoms with Crippen molar-refractivity contribution >= 4 is 17.4 Å². The van der Waals surface area contributed by atoms with Crippen LogP contribution >= 0.6 is 0 Å². The largest absolute Gasteiger partial charge is 0.396 e. The van der Waals surface area contributed by atoms with E-state index >= 15 is 0 Å². The van der Waals surface area contributed by atoms with Crippen molar-refractivity contribution in [2.45, 2.75) is 40.2 Å². The van der Waals surface area contributed by atoms with Gasteiger partial charge in [-0.25, -0.2) is 4.79 Å². The van der Waals surface area contributed by atoms with Gasteiger partial charge in [0.05, 0.1) is 0 Å². The number of aliphatic hydroxyl groups is 1. The molecule has 0 spiro atoms. The molecule has 5 nitrogen and oxygen atoms in total. The first-order chi connectivity index (χ1) is 10.5. The van der Waals surface area contributed by atoms with Gasteiger partial charge in [-0.05, 0) is 57.4 Å². The Kier molecular flexibility index (Phi) is 7.74. The molecule has 1 atom stereocenters. The van der Waals surface area contributed by atoms with Gasteiger partial charge in [0, 0.05) is 37.1 Å². The smallest absolute Gasteiger partial charge is 0.319 e. The minimum Gasteiger partial charge on any atom is -0.396 e. The molecule has 124 valence electrons. The van der Waals surface area contributed by atoms with Gasteiger partial charge < -0.3 is 20.6 Å². The van der Waals surface area contributed by atoms with Crippen molar-refractivity contribution in [2.24, 2.45) is 5.92 Å². The van der Waals surface area contributed by atoms with Crippen molar-refractivity contribution < 1.29 is 9.90 Å². The number of carbonyl (C=O) groups excluding carboxylic acids is 1. The van der Waals surface area contributed by atoms with Gasteiger partial charge in [0.1, 0.15) is 0 Å². The zero-order valence-corrected chi connectivity index (χ0v) is 14.1. The third kappa shape index (κ3) is 5.93. The van der Waals surface area contributed by atoms with Crippen molar-refractivity contribution in [1.29, 1.82) is 0 Å². The topological polar surface area (TPSA) is 64.6 Å². The van der Waals surface area contributed by atoms with E-state index in [-0.39, 0.29) is 18.6 Å². The summed E-state index contributed by atoms with van der Waals surface area (Å²) in [7, 11) is 0. The molecule has 0 saturated heterocycles. The Morgan fingerprint density at radius 1 is 1.23 bits per heavy atom. The second-order valence-corrected chi connectivity index (χ2v) is 5.88. The minimum absolute atomic E-state index is 0.149. The third-order valence-electron chi connectivity index (χ3n) is 3.65. The van der Waals surface area contributed by atoms with Crippen LogP contribution in [-0.4, -0.2) is 36.9 Å². The molecule has 1 aromatic carbocycles. The maximum atomic E-state index is 11.8. The molecule has 0 radical (unpaired) electrons. The van der Waals surface area contributed by atoms with Gasteiger partial charge >= 0.3 is 6.03 Å². The Balaban J connectivity index is 2.51. The van der Waals surface area contributed by atoms with Crippen molar-refractivity contribution in [3.63, 3.8) is 0 Å². The highest BCUT2D eigenvalue weighted by Gasteiger charge is 2.09. The number of hydrogen-bond donors (Lipinski definition) is 3. The summed E-state index contributed by atoms with van der Waals surface area (Å²) in [6.07, 6.45) is 0.691. The molecule has 1 unspecified atom stereocenters. The third-order valence-corrected chi connectivity index (χ3v) is 3.65. The van der Waals surface area contributed by atoms with Crippen LogP contribution in [0, 0.1) is 5.92 Å². The number of anilines is 2. The Morgan fingerprint density at radius 2 is 1.86 bits per heavy atom. The second-order valence-electron chi connectivity index (χ2n) is 5.88. The molecule has 0 aliphatic heterocycles. The monoisotopic (exact) mass is 307 g/mol. The van der Waals surface area contributed by atoms with Gasteiger partial charge in [-0.2, -0.15) is 0 Å². The molecule has 0 bridgehead atoms. The second kappa shape index (κ2) is 9.30. The summed E-state index contributed by atoms with van der Waals surface area (Å²) in [5, 5.41) is 14.5. The molecule has 22 heavy (non-hydrogen) atoms. The van der Waals surface area contributed by atoms with Gasteiger partial charge in [0.25, 0.3) is 0 Å². The predicted octanol–water partition coefficient (Wildman–Crippen LogP) is 3.06. The Bertz CT molecular complexity index is 446. The molecular formula is C17H29N3O2. The highest BCUT2D eigenvalue weighted by Crippen LogP contribution is 2.19. The first kappa shape index (κ1) is 18.3. The first-order valence-electron chi connectivity index (χ1n) is 8.00. The average molecular weight is 307 g/mol. The summed E-state index contributed by atoms with van der Waals surface area (Å²) in [6, 6.07) is 8.10. The number of rotatable bonds is 8. The highest BCUT2D eigenvalue weighted by molar-refractivity contribution is 5.89. The first-order valence-corrected chi connectivity index (χ1v) is 8.00. The Labute approximate surface area is 133 Å². The molecule has 5 heteroatoms.